The van der Waals surface area contributed by atoms with Crippen molar-refractivity contribution in [3.05, 3.63) is 36.8 Å². The summed E-state index contributed by atoms with van der Waals surface area (Å²) in [6, 6.07) is 1.79. The van der Waals surface area contributed by atoms with Crippen molar-refractivity contribution in [2.24, 2.45) is 34.0 Å². The minimum Gasteiger partial charge on any atom is -0.472 e. The number of ether oxygens (including phenoxy) is 3. The molecule has 3 fully saturated rings. The first kappa shape index (κ1) is 23.7. The Hall–Kier alpha value is -2.41. The van der Waals surface area contributed by atoms with Gasteiger partial charge in [0.05, 0.1) is 43.5 Å². The minimum atomic E-state index is -0.892. The van der Waals surface area contributed by atoms with Gasteiger partial charge in [-0.15, -0.1) is 6.58 Å². The molecule has 0 unspecified atom stereocenters. The van der Waals surface area contributed by atoms with Gasteiger partial charge in [0.1, 0.15) is 11.9 Å². The van der Waals surface area contributed by atoms with Crippen molar-refractivity contribution in [1.29, 1.82) is 0 Å². The van der Waals surface area contributed by atoms with Crippen molar-refractivity contribution < 1.29 is 33.0 Å². The van der Waals surface area contributed by atoms with Crippen LogP contribution in [0.1, 0.15) is 57.6 Å². The summed E-state index contributed by atoms with van der Waals surface area (Å²) in [5.74, 6) is -1.97. The fraction of sp³-hybridized carbons (Fsp3) is 0.654. The molecule has 2 aliphatic carbocycles. The Morgan fingerprint density at radius 1 is 1.24 bits per heavy atom. The molecule has 0 amide bonds. The molecule has 0 aromatic carbocycles. The number of esters is 2. The molecule has 7 atom stereocenters. The number of methoxy groups -OCH3 is 2. The molecule has 180 valence electrons. The van der Waals surface area contributed by atoms with Gasteiger partial charge in [-0.05, 0) is 49.0 Å². The number of ketones is 1. The third-order valence-electron chi connectivity index (χ3n) is 8.79. The molecule has 3 aliphatic rings. The van der Waals surface area contributed by atoms with E-state index in [4.69, 9.17) is 18.6 Å². The summed E-state index contributed by atoms with van der Waals surface area (Å²) in [5.41, 5.74) is -1.44. The number of rotatable bonds is 6. The van der Waals surface area contributed by atoms with Gasteiger partial charge < -0.3 is 18.6 Å². The van der Waals surface area contributed by atoms with Crippen molar-refractivity contribution in [2.75, 3.05) is 20.8 Å². The lowest BCUT2D eigenvalue weighted by Crippen LogP contribution is -2.66. The standard InChI is InChI=1S/C26H34O7/c1-6-9-26(15-30-4)12-18(22(28)31-5)24(2)10-7-17-23(29)33-19(16-8-11-32-14-16)13-25(17,3)20(24)21(26)27/h6,8,11,14,17-20H,1,7,9-10,12-13,15H2,2-5H3/t17-,18-,19-,20-,24-,25-,26+/m0/s1. The highest BCUT2D eigenvalue weighted by atomic mass is 16.5. The van der Waals surface area contributed by atoms with Crippen molar-refractivity contribution in [1.82, 2.24) is 0 Å². The van der Waals surface area contributed by atoms with Crippen molar-refractivity contribution >= 4 is 17.7 Å². The Morgan fingerprint density at radius 3 is 2.61 bits per heavy atom. The summed E-state index contributed by atoms with van der Waals surface area (Å²) < 4.78 is 21.8. The molecular weight excluding hydrogens is 424 g/mol. The van der Waals surface area contributed by atoms with Gasteiger partial charge >= 0.3 is 11.9 Å². The average molecular weight is 459 g/mol. The van der Waals surface area contributed by atoms with Gasteiger partial charge in [-0.2, -0.15) is 0 Å². The highest BCUT2D eigenvalue weighted by Gasteiger charge is 2.69. The fourth-order valence-electron chi connectivity index (χ4n) is 7.26. The summed E-state index contributed by atoms with van der Waals surface area (Å²) >= 11 is 0. The molecule has 1 aromatic rings. The van der Waals surface area contributed by atoms with Crippen LogP contribution in [-0.2, 0) is 28.6 Å². The lowest BCUT2D eigenvalue weighted by molar-refractivity contribution is -0.211. The minimum absolute atomic E-state index is 0.0553. The number of hydrogen-bond acceptors (Lipinski definition) is 7. The van der Waals surface area contributed by atoms with Gasteiger partial charge in [-0.1, -0.05) is 19.9 Å². The molecule has 0 spiro atoms. The van der Waals surface area contributed by atoms with Gasteiger partial charge in [-0.3, -0.25) is 14.4 Å². The summed E-state index contributed by atoms with van der Waals surface area (Å²) in [6.45, 7) is 8.11. The van der Waals surface area contributed by atoms with E-state index in [1.807, 2.05) is 13.8 Å². The van der Waals surface area contributed by atoms with Crippen LogP contribution in [0.15, 0.2) is 35.7 Å². The maximum absolute atomic E-state index is 14.4. The maximum Gasteiger partial charge on any atom is 0.310 e. The van der Waals surface area contributed by atoms with Crippen LogP contribution in [0.5, 0.6) is 0 Å². The molecule has 0 bridgehead atoms. The SMILES string of the molecule is C=CC[C@]1(COC)C[C@@H](C(=O)OC)[C@]2(C)CC[C@H]3C(=O)O[C@H](c4ccoc4)C[C@]3(C)[C@H]2C1=O. The number of cyclic esters (lactones) is 1. The smallest absolute Gasteiger partial charge is 0.310 e. The number of carbonyl (C=O) groups excluding carboxylic acids is 3. The Labute approximate surface area is 194 Å². The van der Waals surface area contributed by atoms with E-state index in [1.165, 1.54) is 7.11 Å². The molecule has 1 aromatic heterocycles. The van der Waals surface area contributed by atoms with E-state index < -0.39 is 40.1 Å². The number of hydrogen-bond donors (Lipinski definition) is 0. The zero-order valence-corrected chi connectivity index (χ0v) is 19.9. The number of fused-ring (bicyclic) bond motifs is 3. The summed E-state index contributed by atoms with van der Waals surface area (Å²) in [6.07, 6.45) is 6.73. The Balaban J connectivity index is 1.86. The van der Waals surface area contributed by atoms with Gasteiger partial charge in [-0.25, -0.2) is 0 Å². The van der Waals surface area contributed by atoms with E-state index in [0.717, 1.165) is 5.56 Å². The number of furan rings is 1. The second-order valence-corrected chi connectivity index (χ2v) is 10.6. The normalized spacial score (nSPS) is 40.4. The molecule has 4 rings (SSSR count). The quantitative estimate of drug-likeness (QED) is 0.464. The Morgan fingerprint density at radius 2 is 2.00 bits per heavy atom. The molecule has 33 heavy (non-hydrogen) atoms. The van der Waals surface area contributed by atoms with E-state index in [2.05, 4.69) is 6.58 Å². The largest absolute Gasteiger partial charge is 0.472 e. The van der Waals surface area contributed by atoms with Crippen LogP contribution in [0.3, 0.4) is 0 Å². The fourth-order valence-corrected chi connectivity index (χ4v) is 7.26. The van der Waals surface area contributed by atoms with Crippen LogP contribution in [0.2, 0.25) is 0 Å². The number of allylic oxidation sites excluding steroid dienone is 1. The summed E-state index contributed by atoms with van der Waals surface area (Å²) in [4.78, 5) is 40.8. The first-order valence-corrected chi connectivity index (χ1v) is 11.6. The van der Waals surface area contributed by atoms with E-state index in [-0.39, 0.29) is 24.3 Å². The second kappa shape index (κ2) is 8.42. The monoisotopic (exact) mass is 458 g/mol. The van der Waals surface area contributed by atoms with E-state index >= 15 is 0 Å². The van der Waals surface area contributed by atoms with Crippen molar-refractivity contribution in [2.45, 2.75) is 52.1 Å². The van der Waals surface area contributed by atoms with E-state index in [0.29, 0.717) is 32.1 Å². The molecule has 1 aliphatic heterocycles. The molecular formula is C26H34O7. The van der Waals surface area contributed by atoms with Crippen molar-refractivity contribution in [3.8, 4) is 0 Å². The van der Waals surface area contributed by atoms with Crippen LogP contribution < -0.4 is 0 Å². The van der Waals surface area contributed by atoms with Crippen LogP contribution in [-0.4, -0.2) is 38.5 Å². The van der Waals surface area contributed by atoms with Crippen LogP contribution in [0.4, 0.5) is 0 Å². The lowest BCUT2D eigenvalue weighted by Gasteiger charge is -2.63. The average Bonchev–Trinajstić information content (AvgIpc) is 3.30. The third kappa shape index (κ3) is 3.47. The molecule has 0 radical (unpaired) electrons. The molecule has 2 heterocycles. The summed E-state index contributed by atoms with van der Waals surface area (Å²) in [7, 11) is 2.96. The van der Waals surface area contributed by atoms with Crippen molar-refractivity contribution in [3.63, 3.8) is 0 Å². The molecule has 1 saturated heterocycles. The Kier molecular flexibility index (Phi) is 6.06. The molecule has 7 nitrogen and oxygen atoms in total. The number of Topliss-reactive ketones (excluding diaryl/α,β-unsaturated/α-hetero) is 1. The first-order valence-electron chi connectivity index (χ1n) is 11.6. The van der Waals surface area contributed by atoms with Crippen LogP contribution in [0, 0.1) is 34.0 Å². The van der Waals surface area contributed by atoms with E-state index in [1.54, 1.807) is 31.8 Å². The predicted molar refractivity (Wildman–Crippen MR) is 119 cm³/mol. The molecule has 0 N–H and O–H groups in total. The molecule has 7 heteroatoms. The maximum atomic E-state index is 14.4. The van der Waals surface area contributed by atoms with Gasteiger partial charge in [0.2, 0.25) is 0 Å². The number of carbonyl (C=O) groups is 3. The Bertz CT molecular complexity index is 936. The first-order chi connectivity index (χ1) is 15.7. The predicted octanol–water partition coefficient (Wildman–Crippen LogP) is 4.28. The van der Waals surface area contributed by atoms with Crippen LogP contribution >= 0.6 is 0 Å². The summed E-state index contributed by atoms with van der Waals surface area (Å²) in [5, 5.41) is 0. The van der Waals surface area contributed by atoms with Crippen LogP contribution in [0.25, 0.3) is 0 Å². The zero-order chi connectivity index (χ0) is 24.0. The molecule has 2 saturated carbocycles. The van der Waals surface area contributed by atoms with E-state index in [9.17, 15) is 14.4 Å². The van der Waals surface area contributed by atoms with Gasteiger partial charge in [0.25, 0.3) is 0 Å². The van der Waals surface area contributed by atoms with Gasteiger partial charge in [0.15, 0.2) is 0 Å². The second-order valence-electron chi connectivity index (χ2n) is 10.6. The third-order valence-corrected chi connectivity index (χ3v) is 8.79. The topological polar surface area (TPSA) is 92.0 Å². The van der Waals surface area contributed by atoms with Gasteiger partial charge in [0, 0.05) is 18.6 Å². The zero-order valence-electron chi connectivity index (χ0n) is 19.9. The highest BCUT2D eigenvalue weighted by molar-refractivity contribution is 5.93. The lowest BCUT2D eigenvalue weighted by atomic mass is 9.40. The highest BCUT2D eigenvalue weighted by Crippen LogP contribution is 2.67.